The topological polar surface area (TPSA) is 43.8 Å². The monoisotopic (exact) mass is 337 g/mol. The number of nitrogen functional groups attached to an aromatic ring is 1. The Morgan fingerprint density at radius 3 is 2.65 bits per heavy atom. The molecule has 0 saturated heterocycles. The smallest absolute Gasteiger partial charge is 0.133 e. The van der Waals surface area contributed by atoms with E-state index in [0.29, 0.717) is 27.5 Å². The molecule has 0 atom stereocenters. The maximum absolute atomic E-state index is 14.1. The maximum Gasteiger partial charge on any atom is 0.133 e. The largest absolute Gasteiger partial charge is 0.383 e. The molecule has 0 amide bonds. The summed E-state index contributed by atoms with van der Waals surface area (Å²) in [5.41, 5.74) is 7.26. The first-order chi connectivity index (χ1) is 9.49. The highest BCUT2D eigenvalue weighted by atomic mass is 79.9. The molecule has 1 aliphatic rings. The molecule has 0 unspecified atom stereocenters. The lowest BCUT2D eigenvalue weighted by molar-refractivity contribution is 0.576. The molecule has 3 rings (SSSR count). The van der Waals surface area contributed by atoms with Crippen molar-refractivity contribution in [3.05, 3.63) is 34.3 Å². The molecule has 1 fully saturated rings. The summed E-state index contributed by atoms with van der Waals surface area (Å²) in [6.07, 6.45) is 2.29. The highest BCUT2D eigenvalue weighted by molar-refractivity contribution is 9.10. The summed E-state index contributed by atoms with van der Waals surface area (Å²) < 4.78 is 16.9. The first kappa shape index (κ1) is 13.6. The van der Waals surface area contributed by atoms with Crippen LogP contribution in [0, 0.1) is 5.82 Å². The molecule has 0 spiro atoms. The van der Waals surface area contributed by atoms with Crippen LogP contribution in [-0.2, 0) is 0 Å². The lowest BCUT2D eigenvalue weighted by Gasteiger charge is -2.13. The molecule has 0 radical (unpaired) electrons. The van der Waals surface area contributed by atoms with Crippen LogP contribution in [0.15, 0.2) is 22.7 Å². The molecular formula is C15H17BrFN3. The second-order valence-corrected chi connectivity index (χ2v) is 6.48. The van der Waals surface area contributed by atoms with Crippen LogP contribution in [0.4, 0.5) is 10.2 Å². The molecule has 1 saturated carbocycles. The zero-order valence-electron chi connectivity index (χ0n) is 11.5. The van der Waals surface area contributed by atoms with Gasteiger partial charge < -0.3 is 10.3 Å². The van der Waals surface area contributed by atoms with Crippen molar-refractivity contribution < 1.29 is 4.39 Å². The van der Waals surface area contributed by atoms with Crippen molar-refractivity contribution >= 4 is 21.7 Å². The van der Waals surface area contributed by atoms with Gasteiger partial charge in [0.1, 0.15) is 23.2 Å². The molecule has 0 aliphatic heterocycles. The number of halogens is 2. The average Bonchev–Trinajstić information content (AvgIpc) is 3.14. The average molecular weight is 338 g/mol. The number of benzene rings is 1. The van der Waals surface area contributed by atoms with Gasteiger partial charge in [0, 0.05) is 22.0 Å². The molecule has 5 heteroatoms. The first-order valence-corrected chi connectivity index (χ1v) is 7.61. The number of hydrogen-bond donors (Lipinski definition) is 1. The van der Waals surface area contributed by atoms with Crippen molar-refractivity contribution in [3.63, 3.8) is 0 Å². The number of nitrogens with zero attached hydrogens (tertiary/aromatic N) is 2. The standard InChI is InChI=1S/C15H17BrFN3/c1-8(2)20-14(18)13(19-15(20)9-3-4-9)11-6-5-10(16)7-12(11)17/h5-9H,3-4,18H2,1-2H3. The molecule has 1 aromatic heterocycles. The van der Waals surface area contributed by atoms with E-state index in [0.717, 1.165) is 18.7 Å². The van der Waals surface area contributed by atoms with E-state index in [9.17, 15) is 4.39 Å². The SMILES string of the molecule is CC(C)n1c(C2CC2)nc(-c2ccc(Br)cc2F)c1N. The quantitative estimate of drug-likeness (QED) is 0.896. The Morgan fingerprint density at radius 1 is 1.40 bits per heavy atom. The molecule has 2 N–H and O–H groups in total. The number of rotatable bonds is 3. The Balaban J connectivity index is 2.16. The zero-order chi connectivity index (χ0) is 14.4. The Bertz CT molecular complexity index is 659. The summed E-state index contributed by atoms with van der Waals surface area (Å²) in [7, 11) is 0. The van der Waals surface area contributed by atoms with Crippen LogP contribution in [0.2, 0.25) is 0 Å². The maximum atomic E-state index is 14.1. The van der Waals surface area contributed by atoms with Gasteiger partial charge in [0.05, 0.1) is 0 Å². The van der Waals surface area contributed by atoms with Gasteiger partial charge in [-0.1, -0.05) is 15.9 Å². The van der Waals surface area contributed by atoms with Gasteiger partial charge >= 0.3 is 0 Å². The van der Waals surface area contributed by atoms with Crippen molar-refractivity contribution in [2.75, 3.05) is 5.73 Å². The van der Waals surface area contributed by atoms with E-state index in [2.05, 4.69) is 34.8 Å². The minimum Gasteiger partial charge on any atom is -0.383 e. The van der Waals surface area contributed by atoms with Crippen LogP contribution in [-0.4, -0.2) is 9.55 Å². The van der Waals surface area contributed by atoms with Crippen molar-refractivity contribution in [2.45, 2.75) is 38.6 Å². The number of aromatic nitrogens is 2. The highest BCUT2D eigenvalue weighted by Gasteiger charge is 2.32. The van der Waals surface area contributed by atoms with E-state index < -0.39 is 0 Å². The number of anilines is 1. The lowest BCUT2D eigenvalue weighted by Crippen LogP contribution is -2.09. The van der Waals surface area contributed by atoms with Gasteiger partial charge in [-0.05, 0) is 44.9 Å². The molecule has 106 valence electrons. The Labute approximate surface area is 126 Å². The second kappa shape index (κ2) is 4.88. The summed E-state index contributed by atoms with van der Waals surface area (Å²) >= 11 is 3.27. The first-order valence-electron chi connectivity index (χ1n) is 6.82. The Morgan fingerprint density at radius 2 is 2.10 bits per heavy atom. The molecule has 2 aromatic rings. The zero-order valence-corrected chi connectivity index (χ0v) is 13.1. The van der Waals surface area contributed by atoms with Crippen LogP contribution in [0.1, 0.15) is 44.5 Å². The number of imidazole rings is 1. The molecular weight excluding hydrogens is 321 g/mol. The van der Waals surface area contributed by atoms with Crippen LogP contribution in [0.25, 0.3) is 11.3 Å². The van der Waals surface area contributed by atoms with E-state index in [1.54, 1.807) is 6.07 Å². The molecule has 1 heterocycles. The van der Waals surface area contributed by atoms with Crippen LogP contribution >= 0.6 is 15.9 Å². The van der Waals surface area contributed by atoms with E-state index in [4.69, 9.17) is 5.73 Å². The fourth-order valence-corrected chi connectivity index (χ4v) is 2.85. The third-order valence-corrected chi connectivity index (χ3v) is 4.11. The van der Waals surface area contributed by atoms with Gasteiger partial charge in [0.15, 0.2) is 0 Å². The number of nitrogens with two attached hydrogens (primary N) is 1. The Hall–Kier alpha value is -1.36. The van der Waals surface area contributed by atoms with E-state index in [-0.39, 0.29) is 11.9 Å². The fraction of sp³-hybridized carbons (Fsp3) is 0.400. The summed E-state index contributed by atoms with van der Waals surface area (Å²) in [4.78, 5) is 4.64. The predicted octanol–water partition coefficient (Wildman–Crippen LogP) is 4.49. The minimum absolute atomic E-state index is 0.227. The highest BCUT2D eigenvalue weighted by Crippen LogP contribution is 2.43. The van der Waals surface area contributed by atoms with Crippen molar-refractivity contribution in [3.8, 4) is 11.3 Å². The molecule has 1 aliphatic carbocycles. The second-order valence-electron chi connectivity index (χ2n) is 5.57. The van der Waals surface area contributed by atoms with Gasteiger partial charge in [-0.3, -0.25) is 0 Å². The summed E-state index contributed by atoms with van der Waals surface area (Å²) in [6.45, 7) is 4.15. The summed E-state index contributed by atoms with van der Waals surface area (Å²) in [5.74, 6) is 1.73. The van der Waals surface area contributed by atoms with E-state index in [1.165, 1.54) is 6.07 Å². The summed E-state index contributed by atoms with van der Waals surface area (Å²) in [5, 5.41) is 0. The molecule has 0 bridgehead atoms. The molecule has 1 aromatic carbocycles. The molecule has 20 heavy (non-hydrogen) atoms. The van der Waals surface area contributed by atoms with Crippen molar-refractivity contribution in [1.82, 2.24) is 9.55 Å². The van der Waals surface area contributed by atoms with Crippen LogP contribution in [0.3, 0.4) is 0 Å². The van der Waals surface area contributed by atoms with Crippen molar-refractivity contribution in [2.24, 2.45) is 0 Å². The van der Waals surface area contributed by atoms with E-state index in [1.807, 2.05) is 10.6 Å². The van der Waals surface area contributed by atoms with Crippen LogP contribution in [0.5, 0.6) is 0 Å². The van der Waals surface area contributed by atoms with Gasteiger partial charge in [-0.15, -0.1) is 0 Å². The molecule has 3 nitrogen and oxygen atoms in total. The third-order valence-electron chi connectivity index (χ3n) is 3.62. The van der Waals surface area contributed by atoms with E-state index >= 15 is 0 Å². The van der Waals surface area contributed by atoms with Crippen LogP contribution < -0.4 is 5.73 Å². The third kappa shape index (κ3) is 2.24. The van der Waals surface area contributed by atoms with Gasteiger partial charge in [0.2, 0.25) is 0 Å². The number of hydrogen-bond acceptors (Lipinski definition) is 2. The lowest BCUT2D eigenvalue weighted by atomic mass is 10.1. The summed E-state index contributed by atoms with van der Waals surface area (Å²) in [6, 6.07) is 5.20. The van der Waals surface area contributed by atoms with Crippen molar-refractivity contribution in [1.29, 1.82) is 0 Å². The minimum atomic E-state index is -0.304. The fourth-order valence-electron chi connectivity index (χ4n) is 2.52. The van der Waals surface area contributed by atoms with Gasteiger partial charge in [0.25, 0.3) is 0 Å². The van der Waals surface area contributed by atoms with Gasteiger partial charge in [-0.25, -0.2) is 9.37 Å². The Kier molecular flexibility index (Phi) is 3.32. The predicted molar refractivity (Wildman–Crippen MR) is 82.1 cm³/mol. The van der Waals surface area contributed by atoms with Gasteiger partial charge in [-0.2, -0.15) is 0 Å². The normalized spacial score (nSPS) is 15.1.